The van der Waals surface area contributed by atoms with Gasteiger partial charge in [-0.25, -0.2) is 0 Å². The molecule has 3 rings (SSSR count). The Kier molecular flexibility index (Phi) is 4.27. The number of carbonyl (C=O) groups is 2. The first-order chi connectivity index (χ1) is 10.7. The molecule has 4 nitrogen and oxygen atoms in total. The molecule has 0 aromatic heterocycles. The third-order valence-corrected chi connectivity index (χ3v) is 4.59. The maximum Gasteiger partial charge on any atom is 0.296 e. The lowest BCUT2D eigenvalue weighted by Crippen LogP contribution is -2.41. The quantitative estimate of drug-likeness (QED) is 0.851. The summed E-state index contributed by atoms with van der Waals surface area (Å²) in [6, 6.07) is 8.85. The van der Waals surface area contributed by atoms with Gasteiger partial charge in [0.2, 0.25) is 0 Å². The molecule has 0 atom stereocenters. The molecule has 1 aromatic carbocycles. The topological polar surface area (TPSA) is 57.6 Å². The van der Waals surface area contributed by atoms with Crippen LogP contribution in [0.2, 0.25) is 0 Å². The van der Waals surface area contributed by atoms with Gasteiger partial charge in [-0.15, -0.1) is 0 Å². The average Bonchev–Trinajstić information content (AvgIpc) is 2.71. The van der Waals surface area contributed by atoms with Crippen molar-refractivity contribution < 1.29 is 14.7 Å². The highest BCUT2D eigenvalue weighted by atomic mass is 16.3. The van der Waals surface area contributed by atoms with Crippen molar-refractivity contribution in [3.8, 4) is 0 Å². The molecule has 2 aliphatic rings. The van der Waals surface area contributed by atoms with Crippen LogP contribution in [0.15, 0.2) is 36.1 Å². The van der Waals surface area contributed by atoms with Gasteiger partial charge < -0.3 is 5.11 Å². The van der Waals surface area contributed by atoms with Crippen LogP contribution in [0.1, 0.15) is 50.5 Å². The number of aliphatic hydroxyl groups is 1. The maximum atomic E-state index is 12.7. The number of hydrogen-bond acceptors (Lipinski definition) is 3. The van der Waals surface area contributed by atoms with E-state index in [0.717, 1.165) is 38.5 Å². The highest BCUT2D eigenvalue weighted by Crippen LogP contribution is 2.32. The lowest BCUT2D eigenvalue weighted by atomic mass is 9.95. The van der Waals surface area contributed by atoms with Crippen molar-refractivity contribution in [2.45, 2.75) is 51.0 Å². The minimum Gasteiger partial charge on any atom is -0.502 e. The number of benzene rings is 1. The number of rotatable bonds is 2. The second-order valence-corrected chi connectivity index (χ2v) is 6.07. The minimum absolute atomic E-state index is 0.0799. The van der Waals surface area contributed by atoms with E-state index >= 15 is 0 Å². The fraction of sp³-hybridized carbons (Fsp3) is 0.444. The van der Waals surface area contributed by atoms with E-state index in [1.807, 2.05) is 6.07 Å². The van der Waals surface area contributed by atoms with Gasteiger partial charge in [0.05, 0.1) is 5.57 Å². The Morgan fingerprint density at radius 1 is 0.864 bits per heavy atom. The molecule has 0 spiro atoms. The molecule has 1 aromatic rings. The number of amides is 2. The van der Waals surface area contributed by atoms with Crippen LogP contribution in [-0.2, 0) is 9.59 Å². The van der Waals surface area contributed by atoms with Gasteiger partial charge >= 0.3 is 0 Å². The highest BCUT2D eigenvalue weighted by molar-refractivity contribution is 6.35. The molecule has 116 valence electrons. The zero-order valence-corrected chi connectivity index (χ0v) is 12.6. The predicted molar refractivity (Wildman–Crippen MR) is 84.0 cm³/mol. The summed E-state index contributed by atoms with van der Waals surface area (Å²) in [5.74, 6) is -1.29. The molecular weight excluding hydrogens is 278 g/mol. The van der Waals surface area contributed by atoms with Crippen LogP contribution in [0, 0.1) is 0 Å². The largest absolute Gasteiger partial charge is 0.502 e. The Hall–Kier alpha value is -2.10. The van der Waals surface area contributed by atoms with Gasteiger partial charge in [-0.1, -0.05) is 62.4 Å². The minimum atomic E-state index is -0.533. The molecule has 1 fully saturated rings. The summed E-state index contributed by atoms with van der Waals surface area (Å²) >= 11 is 0. The lowest BCUT2D eigenvalue weighted by molar-refractivity contribution is -0.141. The van der Waals surface area contributed by atoms with Crippen LogP contribution in [0.25, 0.3) is 5.57 Å². The number of aliphatic hydroxyl groups excluding tert-OH is 1. The van der Waals surface area contributed by atoms with Crippen molar-refractivity contribution in [2.75, 3.05) is 0 Å². The SMILES string of the molecule is O=C1C(O)=C(c2ccccc2)C(=O)N1C1CCCCCCC1. The van der Waals surface area contributed by atoms with Gasteiger partial charge in [-0.2, -0.15) is 0 Å². The summed E-state index contributed by atoms with van der Waals surface area (Å²) in [5, 5.41) is 10.2. The van der Waals surface area contributed by atoms with Crippen LogP contribution in [0.3, 0.4) is 0 Å². The Balaban J connectivity index is 1.87. The smallest absolute Gasteiger partial charge is 0.296 e. The van der Waals surface area contributed by atoms with Crippen molar-refractivity contribution >= 4 is 17.4 Å². The normalized spacial score (nSPS) is 21.2. The van der Waals surface area contributed by atoms with Gasteiger partial charge in [0.25, 0.3) is 11.8 Å². The Morgan fingerprint density at radius 2 is 1.45 bits per heavy atom. The molecule has 0 bridgehead atoms. The third kappa shape index (κ3) is 2.65. The fourth-order valence-corrected chi connectivity index (χ4v) is 3.42. The number of imide groups is 1. The lowest BCUT2D eigenvalue weighted by Gasteiger charge is -2.28. The molecule has 0 radical (unpaired) electrons. The standard InChI is InChI=1S/C18H21NO3/c20-16-15(13-9-5-4-6-10-13)17(21)19(18(16)22)14-11-7-2-1-3-8-12-14/h4-6,9-10,14,20H,1-3,7-8,11-12H2. The highest BCUT2D eigenvalue weighted by Gasteiger charge is 2.42. The van der Waals surface area contributed by atoms with E-state index in [9.17, 15) is 14.7 Å². The van der Waals surface area contributed by atoms with E-state index in [-0.39, 0.29) is 17.5 Å². The van der Waals surface area contributed by atoms with E-state index in [4.69, 9.17) is 0 Å². The van der Waals surface area contributed by atoms with Crippen LogP contribution >= 0.6 is 0 Å². The monoisotopic (exact) mass is 299 g/mol. The first kappa shape index (κ1) is 14.8. The van der Waals surface area contributed by atoms with E-state index in [2.05, 4.69) is 0 Å². The van der Waals surface area contributed by atoms with Crippen LogP contribution < -0.4 is 0 Å². The Morgan fingerprint density at radius 3 is 2.09 bits per heavy atom. The van der Waals surface area contributed by atoms with Gasteiger partial charge in [0.15, 0.2) is 5.76 Å². The molecule has 1 aliphatic carbocycles. The van der Waals surface area contributed by atoms with Gasteiger partial charge in [0, 0.05) is 6.04 Å². The second kappa shape index (κ2) is 6.34. The van der Waals surface area contributed by atoms with E-state index < -0.39 is 11.7 Å². The average molecular weight is 299 g/mol. The van der Waals surface area contributed by atoms with E-state index in [1.54, 1.807) is 24.3 Å². The van der Waals surface area contributed by atoms with Crippen molar-refractivity contribution in [3.05, 3.63) is 41.7 Å². The molecule has 0 saturated heterocycles. The van der Waals surface area contributed by atoms with Gasteiger partial charge in [-0.05, 0) is 18.4 Å². The molecule has 4 heteroatoms. The van der Waals surface area contributed by atoms with Gasteiger partial charge in [0.1, 0.15) is 0 Å². The first-order valence-corrected chi connectivity index (χ1v) is 8.06. The molecule has 0 unspecified atom stereocenters. The molecular formula is C18H21NO3. The van der Waals surface area contributed by atoms with Crippen molar-refractivity contribution in [2.24, 2.45) is 0 Å². The Labute approximate surface area is 130 Å². The summed E-state index contributed by atoms with van der Waals surface area (Å²) in [6.07, 6.45) is 7.27. The van der Waals surface area contributed by atoms with E-state index in [1.165, 1.54) is 11.3 Å². The number of carbonyl (C=O) groups excluding carboxylic acids is 2. The molecule has 1 heterocycles. The first-order valence-electron chi connectivity index (χ1n) is 8.06. The number of nitrogens with zero attached hydrogens (tertiary/aromatic N) is 1. The molecule has 2 amide bonds. The van der Waals surface area contributed by atoms with E-state index in [0.29, 0.717) is 5.56 Å². The fourth-order valence-electron chi connectivity index (χ4n) is 3.42. The maximum absolute atomic E-state index is 12.7. The molecule has 22 heavy (non-hydrogen) atoms. The molecule has 1 aliphatic heterocycles. The zero-order chi connectivity index (χ0) is 15.5. The summed E-state index contributed by atoms with van der Waals surface area (Å²) < 4.78 is 0. The molecule has 1 N–H and O–H groups in total. The van der Waals surface area contributed by atoms with Crippen molar-refractivity contribution in [1.29, 1.82) is 0 Å². The van der Waals surface area contributed by atoms with Crippen LogP contribution in [0.5, 0.6) is 0 Å². The predicted octanol–water partition coefficient (Wildman–Crippen LogP) is 3.44. The molecule has 1 saturated carbocycles. The zero-order valence-electron chi connectivity index (χ0n) is 12.6. The summed E-state index contributed by atoms with van der Waals surface area (Å²) in [6.45, 7) is 0. The summed E-state index contributed by atoms with van der Waals surface area (Å²) in [5.41, 5.74) is 0.749. The summed E-state index contributed by atoms with van der Waals surface area (Å²) in [7, 11) is 0. The van der Waals surface area contributed by atoms with Crippen LogP contribution in [0.4, 0.5) is 0 Å². The number of hydrogen-bond donors (Lipinski definition) is 1. The summed E-state index contributed by atoms with van der Waals surface area (Å²) in [4.78, 5) is 26.4. The third-order valence-electron chi connectivity index (χ3n) is 4.59. The van der Waals surface area contributed by atoms with Crippen LogP contribution in [-0.4, -0.2) is 27.9 Å². The van der Waals surface area contributed by atoms with Crippen molar-refractivity contribution in [3.63, 3.8) is 0 Å². The Bertz CT molecular complexity index is 598. The second-order valence-electron chi connectivity index (χ2n) is 6.07. The van der Waals surface area contributed by atoms with Crippen molar-refractivity contribution in [1.82, 2.24) is 4.90 Å². The van der Waals surface area contributed by atoms with Gasteiger partial charge in [-0.3, -0.25) is 14.5 Å².